The number of methoxy groups -OCH3 is 2. The highest BCUT2D eigenvalue weighted by Crippen LogP contribution is 2.29. The predicted molar refractivity (Wildman–Crippen MR) is 89.3 cm³/mol. The van der Waals surface area contributed by atoms with Gasteiger partial charge in [-0.25, -0.2) is 0 Å². The first-order valence-electron chi connectivity index (χ1n) is 7.03. The van der Waals surface area contributed by atoms with E-state index in [0.29, 0.717) is 23.0 Å². The number of rotatable bonds is 6. The Morgan fingerprint density at radius 1 is 1.29 bits per heavy atom. The molecule has 0 aliphatic carbocycles. The van der Waals surface area contributed by atoms with Crippen molar-refractivity contribution < 1.29 is 14.3 Å². The standard InChI is InChI=1S/C15H15N5O3S/c1-22-10-5-6-11(12(8-10)23-2)16-14(21)9-20-18-15(17-19-20)13-4-3-7-24-13/h3-8H,9H2,1-2H3,(H,16,21). The number of benzene rings is 1. The van der Waals surface area contributed by atoms with Crippen LogP contribution in [0.1, 0.15) is 0 Å². The summed E-state index contributed by atoms with van der Waals surface area (Å²) in [6, 6.07) is 8.94. The fourth-order valence-electron chi connectivity index (χ4n) is 2.03. The van der Waals surface area contributed by atoms with E-state index in [9.17, 15) is 4.79 Å². The smallest absolute Gasteiger partial charge is 0.248 e. The number of carbonyl (C=O) groups is 1. The van der Waals surface area contributed by atoms with E-state index in [0.717, 1.165) is 4.88 Å². The Labute approximate surface area is 142 Å². The molecule has 0 fully saturated rings. The number of nitrogens with one attached hydrogen (secondary N) is 1. The molecule has 0 saturated carbocycles. The molecule has 0 atom stereocenters. The third-order valence-electron chi connectivity index (χ3n) is 3.16. The van der Waals surface area contributed by atoms with Gasteiger partial charge in [0.1, 0.15) is 18.0 Å². The molecular weight excluding hydrogens is 330 g/mol. The average Bonchev–Trinajstić information content (AvgIpc) is 3.26. The van der Waals surface area contributed by atoms with Crippen LogP contribution in [0.15, 0.2) is 35.7 Å². The van der Waals surface area contributed by atoms with Crippen molar-refractivity contribution in [3.63, 3.8) is 0 Å². The van der Waals surface area contributed by atoms with Crippen LogP contribution in [0.2, 0.25) is 0 Å². The number of carbonyl (C=O) groups excluding carboxylic acids is 1. The molecule has 0 spiro atoms. The quantitative estimate of drug-likeness (QED) is 0.735. The zero-order chi connectivity index (χ0) is 16.9. The third-order valence-corrected chi connectivity index (χ3v) is 4.03. The minimum atomic E-state index is -0.284. The van der Waals surface area contributed by atoms with Gasteiger partial charge in [-0.1, -0.05) is 6.07 Å². The van der Waals surface area contributed by atoms with Gasteiger partial charge in [-0.3, -0.25) is 4.79 Å². The van der Waals surface area contributed by atoms with Crippen LogP contribution in [0.5, 0.6) is 11.5 Å². The fourth-order valence-corrected chi connectivity index (χ4v) is 2.68. The molecule has 2 aromatic heterocycles. The van der Waals surface area contributed by atoms with Crippen LogP contribution in [0.4, 0.5) is 5.69 Å². The van der Waals surface area contributed by atoms with E-state index in [1.54, 1.807) is 25.3 Å². The molecule has 24 heavy (non-hydrogen) atoms. The highest BCUT2D eigenvalue weighted by molar-refractivity contribution is 7.13. The van der Waals surface area contributed by atoms with Gasteiger partial charge < -0.3 is 14.8 Å². The van der Waals surface area contributed by atoms with Gasteiger partial charge in [0, 0.05) is 6.07 Å². The molecule has 124 valence electrons. The first-order valence-corrected chi connectivity index (χ1v) is 7.91. The Morgan fingerprint density at radius 3 is 2.88 bits per heavy atom. The Kier molecular flexibility index (Phi) is 4.71. The summed E-state index contributed by atoms with van der Waals surface area (Å²) >= 11 is 1.51. The first-order chi connectivity index (χ1) is 11.7. The molecule has 1 aromatic carbocycles. The lowest BCUT2D eigenvalue weighted by Crippen LogP contribution is -2.20. The van der Waals surface area contributed by atoms with Crippen molar-refractivity contribution >= 4 is 22.9 Å². The summed E-state index contributed by atoms with van der Waals surface area (Å²) in [5.41, 5.74) is 0.543. The predicted octanol–water partition coefficient (Wildman–Crippen LogP) is 2.06. The van der Waals surface area contributed by atoms with Crippen molar-refractivity contribution in [2.45, 2.75) is 6.54 Å². The van der Waals surface area contributed by atoms with Crippen molar-refractivity contribution in [2.24, 2.45) is 0 Å². The molecule has 2 heterocycles. The van der Waals surface area contributed by atoms with E-state index in [4.69, 9.17) is 9.47 Å². The average molecular weight is 345 g/mol. The number of aromatic nitrogens is 4. The van der Waals surface area contributed by atoms with Crippen LogP contribution in [-0.2, 0) is 11.3 Å². The van der Waals surface area contributed by atoms with Gasteiger partial charge in [0.15, 0.2) is 0 Å². The normalized spacial score (nSPS) is 10.4. The van der Waals surface area contributed by atoms with Crippen LogP contribution in [0, 0.1) is 0 Å². The largest absolute Gasteiger partial charge is 0.497 e. The molecule has 1 N–H and O–H groups in total. The van der Waals surface area contributed by atoms with Crippen molar-refractivity contribution in [3.05, 3.63) is 35.7 Å². The molecule has 0 saturated heterocycles. The van der Waals surface area contributed by atoms with Gasteiger partial charge >= 0.3 is 0 Å². The number of anilines is 1. The maximum Gasteiger partial charge on any atom is 0.248 e. The molecule has 9 heteroatoms. The molecule has 8 nitrogen and oxygen atoms in total. The van der Waals surface area contributed by atoms with Crippen molar-refractivity contribution in [2.75, 3.05) is 19.5 Å². The molecule has 0 aliphatic rings. The molecule has 0 unspecified atom stereocenters. The summed E-state index contributed by atoms with van der Waals surface area (Å²) in [7, 11) is 3.09. The summed E-state index contributed by atoms with van der Waals surface area (Å²) in [4.78, 5) is 14.3. The molecule has 0 aliphatic heterocycles. The van der Waals surface area contributed by atoms with Crippen LogP contribution >= 0.6 is 11.3 Å². The molecule has 1 amide bonds. The lowest BCUT2D eigenvalue weighted by Gasteiger charge is -2.11. The summed E-state index contributed by atoms with van der Waals surface area (Å²) in [6.45, 7) is -0.0481. The van der Waals surface area contributed by atoms with Crippen molar-refractivity contribution in [1.82, 2.24) is 20.2 Å². The minimum absolute atomic E-state index is 0.0481. The van der Waals surface area contributed by atoms with E-state index >= 15 is 0 Å². The number of thiophene rings is 1. The maximum atomic E-state index is 12.2. The van der Waals surface area contributed by atoms with Crippen molar-refractivity contribution in [1.29, 1.82) is 0 Å². The number of amides is 1. The van der Waals surface area contributed by atoms with E-state index in [1.807, 2.05) is 17.5 Å². The summed E-state index contributed by atoms with van der Waals surface area (Å²) < 4.78 is 10.4. The molecule has 0 radical (unpaired) electrons. The zero-order valence-electron chi connectivity index (χ0n) is 13.1. The second-order valence-corrected chi connectivity index (χ2v) is 5.68. The Hall–Kier alpha value is -2.94. The maximum absolute atomic E-state index is 12.2. The van der Waals surface area contributed by atoms with Gasteiger partial charge in [-0.05, 0) is 28.8 Å². The second kappa shape index (κ2) is 7.09. The molecule has 3 aromatic rings. The Bertz CT molecular complexity index is 832. The number of hydrogen-bond donors (Lipinski definition) is 1. The van der Waals surface area contributed by atoms with Crippen LogP contribution in [0.25, 0.3) is 10.7 Å². The molecule has 0 bridgehead atoms. The summed E-state index contributed by atoms with van der Waals surface area (Å²) in [5, 5.41) is 16.7. The van der Waals surface area contributed by atoms with Crippen LogP contribution in [-0.4, -0.2) is 40.3 Å². The number of tetrazole rings is 1. The number of ether oxygens (including phenoxy) is 2. The van der Waals surface area contributed by atoms with Gasteiger partial charge in [0.25, 0.3) is 0 Å². The second-order valence-electron chi connectivity index (χ2n) is 4.74. The van der Waals surface area contributed by atoms with Crippen molar-refractivity contribution in [3.8, 4) is 22.2 Å². The van der Waals surface area contributed by atoms with Gasteiger partial charge in [0.2, 0.25) is 11.7 Å². The highest BCUT2D eigenvalue weighted by Gasteiger charge is 2.12. The first kappa shape index (κ1) is 15.9. The molecular formula is C15H15N5O3S. The Balaban J connectivity index is 1.68. The minimum Gasteiger partial charge on any atom is -0.497 e. The molecule has 3 rings (SSSR count). The topological polar surface area (TPSA) is 91.2 Å². The third kappa shape index (κ3) is 3.51. The monoisotopic (exact) mass is 345 g/mol. The number of hydrogen-bond acceptors (Lipinski definition) is 7. The van der Waals surface area contributed by atoms with Crippen LogP contribution in [0.3, 0.4) is 0 Å². The Morgan fingerprint density at radius 2 is 2.17 bits per heavy atom. The zero-order valence-corrected chi connectivity index (χ0v) is 13.9. The summed E-state index contributed by atoms with van der Waals surface area (Å²) in [6.07, 6.45) is 0. The fraction of sp³-hybridized carbons (Fsp3) is 0.200. The summed E-state index contributed by atoms with van der Waals surface area (Å²) in [5.74, 6) is 1.37. The van der Waals surface area contributed by atoms with Gasteiger partial charge in [-0.15, -0.1) is 21.5 Å². The van der Waals surface area contributed by atoms with E-state index in [2.05, 4.69) is 20.7 Å². The SMILES string of the molecule is COc1ccc(NC(=O)Cn2nnc(-c3cccs3)n2)c(OC)c1. The van der Waals surface area contributed by atoms with Gasteiger partial charge in [-0.2, -0.15) is 4.80 Å². The van der Waals surface area contributed by atoms with E-state index < -0.39 is 0 Å². The highest BCUT2D eigenvalue weighted by atomic mass is 32.1. The van der Waals surface area contributed by atoms with Crippen LogP contribution < -0.4 is 14.8 Å². The van der Waals surface area contributed by atoms with Gasteiger partial charge in [0.05, 0.1) is 24.8 Å². The number of nitrogens with zero attached hydrogens (tertiary/aromatic N) is 4. The van der Waals surface area contributed by atoms with E-state index in [1.165, 1.54) is 23.2 Å². The lowest BCUT2D eigenvalue weighted by atomic mass is 10.2. The lowest BCUT2D eigenvalue weighted by molar-refractivity contribution is -0.117. The van der Waals surface area contributed by atoms with E-state index in [-0.39, 0.29) is 12.5 Å².